The van der Waals surface area contributed by atoms with Crippen molar-refractivity contribution in [2.24, 2.45) is 0 Å². The summed E-state index contributed by atoms with van der Waals surface area (Å²) in [5.74, 6) is 1.24. The molecule has 0 bridgehead atoms. The molecule has 1 aliphatic heterocycles. The first-order valence-corrected chi connectivity index (χ1v) is 12.6. The van der Waals surface area contributed by atoms with Crippen LogP contribution in [0.4, 0.5) is 5.69 Å². The number of methoxy groups -OCH3 is 1. The lowest BCUT2D eigenvalue weighted by Gasteiger charge is -2.28. The molecule has 3 aromatic rings. The molecule has 7 nitrogen and oxygen atoms in total. The van der Waals surface area contributed by atoms with Gasteiger partial charge in [-0.2, -0.15) is 4.31 Å². The van der Waals surface area contributed by atoms with Gasteiger partial charge in [-0.3, -0.25) is 4.79 Å². The summed E-state index contributed by atoms with van der Waals surface area (Å²) in [6.07, 6.45) is 0.854. The smallest absolute Gasteiger partial charge is 0.243 e. The van der Waals surface area contributed by atoms with Crippen LogP contribution < -0.4 is 14.8 Å². The van der Waals surface area contributed by atoms with Gasteiger partial charge in [0.1, 0.15) is 11.5 Å². The number of hydrogen-bond acceptors (Lipinski definition) is 5. The maximum absolute atomic E-state index is 13.1. The van der Waals surface area contributed by atoms with E-state index in [0.717, 1.165) is 22.4 Å². The van der Waals surface area contributed by atoms with Gasteiger partial charge in [-0.15, -0.1) is 0 Å². The van der Waals surface area contributed by atoms with Gasteiger partial charge in [0, 0.05) is 18.8 Å². The SMILES string of the molecule is CCOc1ccc(CC(=O)Nc2ccc3c(c2)CN(S(=O)(=O)c2ccc(OC)cc2)CC3)cc1. The number of sulfonamides is 1. The van der Waals surface area contributed by atoms with Gasteiger partial charge in [-0.1, -0.05) is 18.2 Å². The highest BCUT2D eigenvalue weighted by Gasteiger charge is 2.28. The first-order valence-electron chi connectivity index (χ1n) is 11.2. The molecule has 1 heterocycles. The molecule has 0 atom stereocenters. The fourth-order valence-electron chi connectivity index (χ4n) is 3.97. The maximum atomic E-state index is 13.1. The molecule has 178 valence electrons. The molecule has 0 fully saturated rings. The number of amides is 1. The fraction of sp³-hybridized carbons (Fsp3) is 0.269. The average Bonchev–Trinajstić information content (AvgIpc) is 2.85. The summed E-state index contributed by atoms with van der Waals surface area (Å²) in [6.45, 7) is 3.18. The lowest BCUT2D eigenvalue weighted by molar-refractivity contribution is -0.115. The second-order valence-electron chi connectivity index (χ2n) is 8.05. The third-order valence-corrected chi connectivity index (χ3v) is 7.62. The second kappa shape index (κ2) is 10.3. The number of nitrogens with zero attached hydrogens (tertiary/aromatic N) is 1. The Morgan fingerprint density at radius 3 is 2.35 bits per heavy atom. The van der Waals surface area contributed by atoms with E-state index in [1.54, 1.807) is 31.4 Å². The minimum atomic E-state index is -3.63. The molecule has 0 radical (unpaired) electrons. The van der Waals surface area contributed by atoms with Gasteiger partial charge in [0.2, 0.25) is 15.9 Å². The molecule has 8 heteroatoms. The minimum absolute atomic E-state index is 0.136. The topological polar surface area (TPSA) is 84.9 Å². The van der Waals surface area contributed by atoms with E-state index in [-0.39, 0.29) is 23.8 Å². The van der Waals surface area contributed by atoms with Crippen molar-refractivity contribution in [3.8, 4) is 11.5 Å². The van der Waals surface area contributed by atoms with Crippen LogP contribution in [-0.2, 0) is 34.2 Å². The largest absolute Gasteiger partial charge is 0.497 e. The number of anilines is 1. The van der Waals surface area contributed by atoms with Crippen molar-refractivity contribution in [1.29, 1.82) is 0 Å². The monoisotopic (exact) mass is 480 g/mol. The number of carbonyl (C=O) groups is 1. The Hall–Kier alpha value is -3.36. The van der Waals surface area contributed by atoms with Gasteiger partial charge in [0.25, 0.3) is 0 Å². The molecule has 0 unspecified atom stereocenters. The first-order chi connectivity index (χ1) is 16.4. The molecule has 34 heavy (non-hydrogen) atoms. The van der Waals surface area contributed by atoms with E-state index in [1.165, 1.54) is 4.31 Å². The third kappa shape index (κ3) is 5.40. The molecule has 0 aliphatic carbocycles. The summed E-state index contributed by atoms with van der Waals surface area (Å²) in [5, 5.41) is 2.93. The van der Waals surface area contributed by atoms with Crippen LogP contribution >= 0.6 is 0 Å². The van der Waals surface area contributed by atoms with E-state index >= 15 is 0 Å². The zero-order valence-electron chi connectivity index (χ0n) is 19.3. The van der Waals surface area contributed by atoms with Gasteiger partial charge in [0.15, 0.2) is 0 Å². The number of hydrogen-bond donors (Lipinski definition) is 1. The third-order valence-electron chi connectivity index (χ3n) is 5.76. The summed E-state index contributed by atoms with van der Waals surface area (Å²) in [5.41, 5.74) is 3.52. The molecule has 0 saturated heterocycles. The van der Waals surface area contributed by atoms with Crippen LogP contribution in [0.25, 0.3) is 0 Å². The van der Waals surface area contributed by atoms with E-state index in [1.807, 2.05) is 49.4 Å². The molecule has 0 spiro atoms. The molecule has 0 aromatic heterocycles. The van der Waals surface area contributed by atoms with Crippen molar-refractivity contribution < 1.29 is 22.7 Å². The molecule has 3 aromatic carbocycles. The Kier molecular flexibility index (Phi) is 7.19. The molecular weight excluding hydrogens is 452 g/mol. The van der Waals surface area contributed by atoms with Crippen LogP contribution in [0.2, 0.25) is 0 Å². The number of fused-ring (bicyclic) bond motifs is 1. The molecule has 1 amide bonds. The predicted octanol–water partition coefficient (Wildman–Crippen LogP) is 4.02. The Morgan fingerprint density at radius 1 is 0.971 bits per heavy atom. The zero-order chi connectivity index (χ0) is 24.1. The van der Waals surface area contributed by atoms with E-state index in [9.17, 15) is 13.2 Å². The second-order valence-corrected chi connectivity index (χ2v) is 9.99. The van der Waals surface area contributed by atoms with Crippen LogP contribution in [0, 0.1) is 0 Å². The zero-order valence-corrected chi connectivity index (χ0v) is 20.1. The number of rotatable bonds is 8. The Morgan fingerprint density at radius 2 is 1.68 bits per heavy atom. The van der Waals surface area contributed by atoms with Crippen molar-refractivity contribution in [3.05, 3.63) is 83.4 Å². The van der Waals surface area contributed by atoms with E-state index in [4.69, 9.17) is 9.47 Å². The molecule has 1 N–H and O–H groups in total. The standard InChI is InChI=1S/C26H28N2O5S/c1-3-33-24-8-4-19(5-9-24)16-26(29)27-22-7-6-20-14-15-28(18-21(20)17-22)34(30,31)25-12-10-23(32-2)11-13-25/h4-13,17H,3,14-16,18H2,1-2H3,(H,27,29). The first kappa shape index (κ1) is 23.8. The summed E-state index contributed by atoms with van der Waals surface area (Å²) < 4.78 is 38.3. The molecule has 0 saturated carbocycles. The normalized spacial score (nSPS) is 13.7. The van der Waals surface area contributed by atoms with Crippen molar-refractivity contribution in [2.75, 3.05) is 25.6 Å². The van der Waals surface area contributed by atoms with Crippen molar-refractivity contribution >= 4 is 21.6 Å². The van der Waals surface area contributed by atoms with Crippen molar-refractivity contribution in [2.45, 2.75) is 31.2 Å². The molecule has 1 aliphatic rings. The van der Waals surface area contributed by atoms with Crippen LogP contribution in [0.3, 0.4) is 0 Å². The summed E-state index contributed by atoms with van der Waals surface area (Å²) in [4.78, 5) is 12.8. The van der Waals surface area contributed by atoms with Gasteiger partial charge >= 0.3 is 0 Å². The van der Waals surface area contributed by atoms with Crippen LogP contribution in [0.1, 0.15) is 23.6 Å². The van der Waals surface area contributed by atoms with Crippen LogP contribution in [-0.4, -0.2) is 38.9 Å². The lowest BCUT2D eigenvalue weighted by Crippen LogP contribution is -2.36. The Balaban J connectivity index is 1.43. The Labute approximate surface area is 200 Å². The van der Waals surface area contributed by atoms with Crippen LogP contribution in [0.15, 0.2) is 71.6 Å². The quantitative estimate of drug-likeness (QED) is 0.526. The highest BCUT2D eigenvalue weighted by molar-refractivity contribution is 7.89. The number of nitrogens with one attached hydrogen (secondary N) is 1. The number of benzene rings is 3. The fourth-order valence-corrected chi connectivity index (χ4v) is 5.39. The summed E-state index contributed by atoms with van der Waals surface area (Å²) >= 11 is 0. The number of ether oxygens (including phenoxy) is 2. The van der Waals surface area contributed by atoms with Gasteiger partial charge < -0.3 is 14.8 Å². The van der Waals surface area contributed by atoms with E-state index in [2.05, 4.69) is 5.32 Å². The molecule has 4 rings (SSSR count). The highest BCUT2D eigenvalue weighted by Crippen LogP contribution is 2.28. The minimum Gasteiger partial charge on any atom is -0.497 e. The highest BCUT2D eigenvalue weighted by atomic mass is 32.2. The number of carbonyl (C=O) groups excluding carboxylic acids is 1. The maximum Gasteiger partial charge on any atom is 0.243 e. The van der Waals surface area contributed by atoms with Crippen molar-refractivity contribution in [1.82, 2.24) is 4.31 Å². The van der Waals surface area contributed by atoms with Crippen molar-refractivity contribution in [3.63, 3.8) is 0 Å². The van der Waals surface area contributed by atoms with Gasteiger partial charge in [-0.25, -0.2) is 8.42 Å². The summed E-state index contributed by atoms with van der Waals surface area (Å²) in [6, 6.07) is 19.5. The summed E-state index contributed by atoms with van der Waals surface area (Å²) in [7, 11) is -2.09. The van der Waals surface area contributed by atoms with E-state index in [0.29, 0.717) is 31.0 Å². The average molecular weight is 481 g/mol. The predicted molar refractivity (Wildman–Crippen MR) is 131 cm³/mol. The lowest BCUT2D eigenvalue weighted by atomic mass is 10.0. The van der Waals surface area contributed by atoms with E-state index < -0.39 is 10.0 Å². The Bertz CT molecular complexity index is 1260. The molecular formula is C26H28N2O5S. The van der Waals surface area contributed by atoms with Gasteiger partial charge in [0.05, 0.1) is 25.0 Å². The van der Waals surface area contributed by atoms with Crippen LogP contribution in [0.5, 0.6) is 11.5 Å². The van der Waals surface area contributed by atoms with Gasteiger partial charge in [-0.05, 0) is 78.6 Å².